The lowest BCUT2D eigenvalue weighted by Crippen LogP contribution is -2.49. The molecule has 1 unspecified atom stereocenters. The van der Waals surface area contributed by atoms with E-state index in [0.29, 0.717) is 25.4 Å². The minimum absolute atomic E-state index is 0. The average Bonchev–Trinajstić information content (AvgIpc) is 2.58. The molecule has 174 valence electrons. The van der Waals surface area contributed by atoms with Crippen molar-refractivity contribution in [2.24, 2.45) is 0 Å². The fraction of sp³-hybridized carbons (Fsp3) is 0.619. The van der Waals surface area contributed by atoms with Gasteiger partial charge >= 0.3 is 6.09 Å². The molecular formula is C21H38N2O7. The number of carbonyl (C=O) groups excluding carboxylic acids is 2. The molecule has 0 aliphatic rings. The average molecular weight is 431 g/mol. The lowest BCUT2D eigenvalue weighted by atomic mass is 10.0. The van der Waals surface area contributed by atoms with Crippen LogP contribution in [0, 0.1) is 0 Å². The molecule has 0 bridgehead atoms. The number of nitrogens with one attached hydrogen (secondary N) is 2. The fourth-order valence-electron chi connectivity index (χ4n) is 2.20. The molecule has 0 aliphatic heterocycles. The van der Waals surface area contributed by atoms with Gasteiger partial charge in [-0.2, -0.15) is 0 Å². The Labute approximate surface area is 179 Å². The maximum absolute atomic E-state index is 12.5. The summed E-state index contributed by atoms with van der Waals surface area (Å²) in [4.78, 5) is 24.6. The third-order valence-electron chi connectivity index (χ3n) is 3.46. The van der Waals surface area contributed by atoms with Gasteiger partial charge in [-0.05, 0) is 38.5 Å². The molecule has 0 radical (unpaired) electrons. The molecule has 0 saturated heterocycles. The molecule has 2 amide bonds. The van der Waals surface area contributed by atoms with Crippen molar-refractivity contribution in [1.82, 2.24) is 10.6 Å². The molecule has 9 heteroatoms. The van der Waals surface area contributed by atoms with Crippen LogP contribution in [0.4, 0.5) is 4.79 Å². The standard InChI is InChI=1S/C19H30N2O7.2CH4/c1-19(2,3)28-18(25)21-14(11-13-5-6-15(22)16(23)12-13)17(24)20-7-8-27-10-9-26-4;;/h5-6,12,14,22-23H,7-11H2,1-4H3,(H,20,24)(H,21,25);2*1H4. The molecule has 1 aromatic carbocycles. The zero-order chi connectivity index (χ0) is 21.2. The fourth-order valence-corrected chi connectivity index (χ4v) is 2.20. The van der Waals surface area contributed by atoms with Gasteiger partial charge in [-0.1, -0.05) is 20.9 Å². The van der Waals surface area contributed by atoms with Crippen LogP contribution in [0.3, 0.4) is 0 Å². The molecule has 0 aromatic heterocycles. The number of ether oxygens (including phenoxy) is 3. The third-order valence-corrected chi connectivity index (χ3v) is 3.46. The van der Waals surface area contributed by atoms with Gasteiger partial charge < -0.3 is 35.1 Å². The van der Waals surface area contributed by atoms with Crippen LogP contribution in [0.15, 0.2) is 18.2 Å². The van der Waals surface area contributed by atoms with Crippen LogP contribution in [0.25, 0.3) is 0 Å². The molecule has 1 rings (SSSR count). The number of rotatable bonds is 10. The Bertz CT molecular complexity index is 645. The number of benzene rings is 1. The van der Waals surface area contributed by atoms with Gasteiger partial charge in [0.05, 0.1) is 19.8 Å². The van der Waals surface area contributed by atoms with Crippen molar-refractivity contribution in [2.45, 2.75) is 53.7 Å². The van der Waals surface area contributed by atoms with E-state index in [1.807, 2.05) is 0 Å². The Kier molecular flexibility index (Phi) is 14.3. The van der Waals surface area contributed by atoms with E-state index < -0.39 is 23.6 Å². The van der Waals surface area contributed by atoms with E-state index in [-0.39, 0.29) is 39.3 Å². The second kappa shape index (κ2) is 14.5. The van der Waals surface area contributed by atoms with Gasteiger partial charge in [0.1, 0.15) is 11.6 Å². The largest absolute Gasteiger partial charge is 0.504 e. The summed E-state index contributed by atoms with van der Waals surface area (Å²) in [6.45, 7) is 6.59. The van der Waals surface area contributed by atoms with Crippen LogP contribution in [-0.2, 0) is 25.4 Å². The van der Waals surface area contributed by atoms with Crippen LogP contribution in [0.5, 0.6) is 11.5 Å². The molecule has 0 fully saturated rings. The molecule has 0 aliphatic carbocycles. The second-order valence-electron chi connectivity index (χ2n) is 7.12. The van der Waals surface area contributed by atoms with E-state index in [0.717, 1.165) is 0 Å². The van der Waals surface area contributed by atoms with Crippen LogP contribution in [0.1, 0.15) is 41.2 Å². The predicted molar refractivity (Wildman–Crippen MR) is 116 cm³/mol. The van der Waals surface area contributed by atoms with Gasteiger partial charge in [-0.3, -0.25) is 4.79 Å². The number of aromatic hydroxyl groups is 2. The summed E-state index contributed by atoms with van der Waals surface area (Å²) in [5, 5.41) is 24.3. The van der Waals surface area contributed by atoms with Gasteiger partial charge in [-0.25, -0.2) is 4.79 Å². The number of hydrogen-bond donors (Lipinski definition) is 4. The maximum atomic E-state index is 12.5. The van der Waals surface area contributed by atoms with Crippen LogP contribution >= 0.6 is 0 Å². The van der Waals surface area contributed by atoms with E-state index >= 15 is 0 Å². The molecule has 0 heterocycles. The number of phenols is 2. The van der Waals surface area contributed by atoms with Crippen molar-refractivity contribution in [3.05, 3.63) is 23.8 Å². The smallest absolute Gasteiger partial charge is 0.408 e. The van der Waals surface area contributed by atoms with Crippen molar-refractivity contribution < 1.29 is 34.0 Å². The van der Waals surface area contributed by atoms with Gasteiger partial charge in [0.25, 0.3) is 0 Å². The maximum Gasteiger partial charge on any atom is 0.408 e. The van der Waals surface area contributed by atoms with E-state index in [4.69, 9.17) is 14.2 Å². The Morgan fingerprint density at radius 1 is 1.07 bits per heavy atom. The van der Waals surface area contributed by atoms with Gasteiger partial charge in [-0.15, -0.1) is 0 Å². The Morgan fingerprint density at radius 3 is 2.30 bits per heavy atom. The predicted octanol–water partition coefficient (Wildman–Crippen LogP) is 2.58. The summed E-state index contributed by atoms with van der Waals surface area (Å²) >= 11 is 0. The van der Waals surface area contributed by atoms with Crippen molar-refractivity contribution in [1.29, 1.82) is 0 Å². The monoisotopic (exact) mass is 430 g/mol. The lowest BCUT2D eigenvalue weighted by Gasteiger charge is -2.23. The van der Waals surface area contributed by atoms with E-state index in [2.05, 4.69) is 10.6 Å². The number of carbonyl (C=O) groups is 2. The van der Waals surface area contributed by atoms with Gasteiger partial charge in [0.15, 0.2) is 11.5 Å². The van der Waals surface area contributed by atoms with Crippen molar-refractivity contribution in [3.8, 4) is 11.5 Å². The topological polar surface area (TPSA) is 126 Å². The number of hydrogen-bond acceptors (Lipinski definition) is 7. The Balaban J connectivity index is 0. The van der Waals surface area contributed by atoms with Crippen LogP contribution < -0.4 is 10.6 Å². The quantitative estimate of drug-likeness (QED) is 0.332. The molecular weight excluding hydrogens is 392 g/mol. The molecule has 30 heavy (non-hydrogen) atoms. The first-order valence-corrected chi connectivity index (χ1v) is 8.97. The van der Waals surface area contributed by atoms with Gasteiger partial charge in [0, 0.05) is 20.1 Å². The van der Waals surface area contributed by atoms with E-state index in [1.54, 1.807) is 33.9 Å². The van der Waals surface area contributed by atoms with E-state index in [1.165, 1.54) is 12.1 Å². The highest BCUT2D eigenvalue weighted by atomic mass is 16.6. The normalized spacial score (nSPS) is 11.5. The molecule has 0 saturated carbocycles. The minimum Gasteiger partial charge on any atom is -0.504 e. The van der Waals surface area contributed by atoms with Gasteiger partial charge in [0.2, 0.25) is 5.91 Å². The van der Waals surface area contributed by atoms with Crippen LogP contribution in [-0.4, -0.2) is 67.3 Å². The van der Waals surface area contributed by atoms with Crippen molar-refractivity contribution in [3.63, 3.8) is 0 Å². The molecule has 0 spiro atoms. The summed E-state index contributed by atoms with van der Waals surface area (Å²) in [5.41, 5.74) is -0.153. The number of methoxy groups -OCH3 is 1. The lowest BCUT2D eigenvalue weighted by molar-refractivity contribution is -0.123. The zero-order valence-electron chi connectivity index (χ0n) is 16.8. The first-order chi connectivity index (χ1) is 13.1. The highest BCUT2D eigenvalue weighted by molar-refractivity contribution is 5.86. The number of alkyl carbamates (subject to hydrolysis) is 1. The Morgan fingerprint density at radius 2 is 1.73 bits per heavy atom. The first-order valence-electron chi connectivity index (χ1n) is 8.97. The van der Waals surface area contributed by atoms with E-state index in [9.17, 15) is 19.8 Å². The highest BCUT2D eigenvalue weighted by Crippen LogP contribution is 2.25. The van der Waals surface area contributed by atoms with Crippen LogP contribution in [0.2, 0.25) is 0 Å². The molecule has 1 atom stereocenters. The Hall–Kier alpha value is -2.52. The number of amides is 2. The summed E-state index contributed by atoms with van der Waals surface area (Å²) in [5.74, 6) is -0.993. The SMILES string of the molecule is C.C.COCCOCCNC(=O)C(Cc1ccc(O)c(O)c1)NC(=O)OC(C)(C)C. The highest BCUT2D eigenvalue weighted by Gasteiger charge is 2.24. The molecule has 9 nitrogen and oxygen atoms in total. The summed E-state index contributed by atoms with van der Waals surface area (Å²) in [6.07, 6.45) is -0.629. The summed E-state index contributed by atoms with van der Waals surface area (Å²) in [7, 11) is 1.57. The number of phenolic OH excluding ortho intramolecular Hbond substituents is 2. The summed E-state index contributed by atoms with van der Waals surface area (Å²) < 4.78 is 15.4. The molecule has 1 aromatic rings. The zero-order valence-corrected chi connectivity index (χ0v) is 16.8. The van der Waals surface area contributed by atoms with Crippen molar-refractivity contribution in [2.75, 3.05) is 33.5 Å². The first kappa shape index (κ1) is 29.7. The minimum atomic E-state index is -0.933. The van der Waals surface area contributed by atoms with Crippen molar-refractivity contribution >= 4 is 12.0 Å². The summed E-state index contributed by atoms with van der Waals surface area (Å²) in [6, 6.07) is 3.27. The third kappa shape index (κ3) is 12.1. The second-order valence-corrected chi connectivity index (χ2v) is 7.12. The molecule has 4 N–H and O–H groups in total.